The lowest BCUT2D eigenvalue weighted by atomic mass is 9.96. The van der Waals surface area contributed by atoms with Crippen molar-refractivity contribution in [3.05, 3.63) is 34.3 Å². The molecule has 3 N–H and O–H groups in total. The molecule has 1 fully saturated rings. The van der Waals surface area contributed by atoms with Crippen LogP contribution in [0.4, 0.5) is 0 Å². The number of sulfonamides is 1. The minimum atomic E-state index is -3.26. The Hall–Kier alpha value is -0.390. The molecular formula is C17H28BrIN4O2S. The van der Waals surface area contributed by atoms with Crippen molar-refractivity contribution in [2.45, 2.75) is 37.6 Å². The molecular weight excluding hydrogens is 531 g/mol. The number of rotatable bonds is 7. The van der Waals surface area contributed by atoms with Gasteiger partial charge in [0.15, 0.2) is 5.96 Å². The highest BCUT2D eigenvalue weighted by Gasteiger charge is 2.44. The molecule has 1 aliphatic rings. The van der Waals surface area contributed by atoms with Gasteiger partial charge in [-0.15, -0.1) is 24.0 Å². The SMILES string of the molecule is CN=C(NCC(C)(C)NS(C)(=O)=O)NCC1(c2cccc(Br)c2)CC1.I. The first-order chi connectivity index (χ1) is 11.6. The van der Waals surface area contributed by atoms with Gasteiger partial charge in [0.2, 0.25) is 10.0 Å². The Labute approximate surface area is 182 Å². The van der Waals surface area contributed by atoms with Crippen molar-refractivity contribution >= 4 is 55.9 Å². The van der Waals surface area contributed by atoms with Gasteiger partial charge in [0.05, 0.1) is 6.26 Å². The second-order valence-corrected chi connectivity index (χ2v) is 9.99. The lowest BCUT2D eigenvalue weighted by Gasteiger charge is -2.27. The lowest BCUT2D eigenvalue weighted by molar-refractivity contribution is 0.446. The standard InChI is InChI=1S/C17H27BrN4O2S.HI/c1-16(2,22-25(4,23)24)11-20-15(19-3)21-12-17(8-9-17)13-6-5-7-14(18)10-13;/h5-7,10,22H,8-9,11-12H2,1-4H3,(H2,19,20,21);1H. The van der Waals surface area contributed by atoms with Crippen molar-refractivity contribution < 1.29 is 8.42 Å². The van der Waals surface area contributed by atoms with E-state index in [4.69, 9.17) is 0 Å². The van der Waals surface area contributed by atoms with Crippen LogP contribution >= 0.6 is 39.9 Å². The van der Waals surface area contributed by atoms with Crippen LogP contribution in [0.15, 0.2) is 33.7 Å². The first kappa shape index (κ1) is 23.6. The molecule has 1 saturated carbocycles. The largest absolute Gasteiger partial charge is 0.356 e. The number of nitrogens with one attached hydrogen (secondary N) is 3. The summed E-state index contributed by atoms with van der Waals surface area (Å²) in [5, 5.41) is 6.57. The van der Waals surface area contributed by atoms with Crippen LogP contribution in [0.2, 0.25) is 0 Å². The Morgan fingerprint density at radius 2 is 1.96 bits per heavy atom. The maximum Gasteiger partial charge on any atom is 0.209 e. The molecule has 0 heterocycles. The monoisotopic (exact) mass is 558 g/mol. The van der Waals surface area contributed by atoms with Crippen molar-refractivity contribution in [1.82, 2.24) is 15.4 Å². The molecule has 0 unspecified atom stereocenters. The van der Waals surface area contributed by atoms with E-state index in [1.807, 2.05) is 19.9 Å². The van der Waals surface area contributed by atoms with Crippen molar-refractivity contribution in [2.24, 2.45) is 4.99 Å². The summed E-state index contributed by atoms with van der Waals surface area (Å²) in [4.78, 5) is 4.24. The van der Waals surface area contributed by atoms with Gasteiger partial charge < -0.3 is 10.6 Å². The zero-order chi connectivity index (χ0) is 18.7. The molecule has 1 aliphatic carbocycles. The van der Waals surface area contributed by atoms with Gasteiger partial charge in [0.25, 0.3) is 0 Å². The van der Waals surface area contributed by atoms with Crippen LogP contribution in [-0.4, -0.2) is 46.3 Å². The lowest BCUT2D eigenvalue weighted by Crippen LogP contribution is -2.53. The molecule has 26 heavy (non-hydrogen) atoms. The first-order valence-electron chi connectivity index (χ1n) is 8.25. The summed E-state index contributed by atoms with van der Waals surface area (Å²) in [6, 6.07) is 8.43. The van der Waals surface area contributed by atoms with Crippen LogP contribution in [0.5, 0.6) is 0 Å². The average molecular weight is 559 g/mol. The predicted octanol–water partition coefficient (Wildman–Crippen LogP) is 2.59. The maximum absolute atomic E-state index is 11.4. The molecule has 2 rings (SSSR count). The van der Waals surface area contributed by atoms with Crippen molar-refractivity contribution in [1.29, 1.82) is 0 Å². The van der Waals surface area contributed by atoms with E-state index in [0.717, 1.165) is 30.1 Å². The smallest absolute Gasteiger partial charge is 0.209 e. The van der Waals surface area contributed by atoms with Gasteiger partial charge in [-0.25, -0.2) is 13.1 Å². The predicted molar refractivity (Wildman–Crippen MR) is 122 cm³/mol. The minimum Gasteiger partial charge on any atom is -0.356 e. The summed E-state index contributed by atoms with van der Waals surface area (Å²) in [5.41, 5.74) is 0.873. The van der Waals surface area contributed by atoms with Crippen LogP contribution in [0.25, 0.3) is 0 Å². The number of nitrogens with zero attached hydrogens (tertiary/aromatic N) is 1. The average Bonchev–Trinajstić information content (AvgIpc) is 3.26. The topological polar surface area (TPSA) is 82.6 Å². The van der Waals surface area contributed by atoms with Crippen LogP contribution in [0.1, 0.15) is 32.3 Å². The van der Waals surface area contributed by atoms with Gasteiger partial charge in [-0.2, -0.15) is 0 Å². The molecule has 0 spiro atoms. The van der Waals surface area contributed by atoms with Crippen LogP contribution in [-0.2, 0) is 15.4 Å². The Kier molecular flexibility index (Phi) is 8.37. The molecule has 0 saturated heterocycles. The summed E-state index contributed by atoms with van der Waals surface area (Å²) >= 11 is 3.53. The molecule has 0 radical (unpaired) electrons. The second-order valence-electron chi connectivity index (χ2n) is 7.33. The maximum atomic E-state index is 11.4. The fraction of sp³-hybridized carbons (Fsp3) is 0.588. The fourth-order valence-corrected chi connectivity index (χ4v) is 4.33. The van der Waals surface area contributed by atoms with Crippen LogP contribution in [0, 0.1) is 0 Å². The highest BCUT2D eigenvalue weighted by Crippen LogP contribution is 2.48. The first-order valence-corrected chi connectivity index (χ1v) is 10.9. The van der Waals surface area contributed by atoms with E-state index in [-0.39, 0.29) is 29.4 Å². The molecule has 1 aromatic rings. The molecule has 0 aliphatic heterocycles. The summed E-state index contributed by atoms with van der Waals surface area (Å²) < 4.78 is 26.5. The minimum absolute atomic E-state index is 0. The van der Waals surface area contributed by atoms with E-state index in [9.17, 15) is 8.42 Å². The van der Waals surface area contributed by atoms with E-state index >= 15 is 0 Å². The number of hydrogen-bond donors (Lipinski definition) is 3. The van der Waals surface area contributed by atoms with E-state index in [0.29, 0.717) is 12.5 Å². The Balaban J connectivity index is 0.00000338. The number of guanidine groups is 1. The highest BCUT2D eigenvalue weighted by molar-refractivity contribution is 14.0. The third kappa shape index (κ3) is 7.32. The van der Waals surface area contributed by atoms with E-state index < -0.39 is 15.6 Å². The van der Waals surface area contributed by atoms with Crippen LogP contribution in [0.3, 0.4) is 0 Å². The van der Waals surface area contributed by atoms with E-state index in [1.165, 1.54) is 5.56 Å². The normalized spacial score (nSPS) is 16.6. The third-order valence-corrected chi connectivity index (χ3v) is 5.68. The molecule has 0 aromatic heterocycles. The van der Waals surface area contributed by atoms with Crippen molar-refractivity contribution in [2.75, 3.05) is 26.4 Å². The quantitative estimate of drug-likeness (QED) is 0.273. The van der Waals surface area contributed by atoms with Gasteiger partial charge in [-0.1, -0.05) is 28.1 Å². The molecule has 6 nitrogen and oxygen atoms in total. The molecule has 9 heteroatoms. The molecule has 0 bridgehead atoms. The zero-order valence-electron chi connectivity index (χ0n) is 15.6. The molecule has 148 valence electrons. The zero-order valence-corrected chi connectivity index (χ0v) is 20.3. The van der Waals surface area contributed by atoms with E-state index in [1.54, 1.807) is 7.05 Å². The number of benzene rings is 1. The fourth-order valence-electron chi connectivity index (χ4n) is 2.85. The van der Waals surface area contributed by atoms with Crippen molar-refractivity contribution in [3.8, 4) is 0 Å². The van der Waals surface area contributed by atoms with Gasteiger partial charge in [-0.3, -0.25) is 4.99 Å². The van der Waals surface area contributed by atoms with Gasteiger partial charge in [0.1, 0.15) is 0 Å². The van der Waals surface area contributed by atoms with Crippen LogP contribution < -0.4 is 15.4 Å². The Morgan fingerprint density at radius 1 is 1.31 bits per heavy atom. The van der Waals surface area contributed by atoms with Gasteiger partial charge >= 0.3 is 0 Å². The number of halogens is 2. The molecule has 0 amide bonds. The number of aliphatic imine (C=N–C) groups is 1. The summed E-state index contributed by atoms with van der Waals surface area (Å²) in [5.74, 6) is 0.671. The number of hydrogen-bond acceptors (Lipinski definition) is 3. The highest BCUT2D eigenvalue weighted by atomic mass is 127. The molecule has 1 aromatic carbocycles. The summed E-state index contributed by atoms with van der Waals surface area (Å²) in [6.45, 7) is 4.89. The van der Waals surface area contributed by atoms with Gasteiger partial charge in [0, 0.05) is 35.6 Å². The Bertz CT molecular complexity index is 749. The van der Waals surface area contributed by atoms with Crippen molar-refractivity contribution in [3.63, 3.8) is 0 Å². The Morgan fingerprint density at radius 3 is 2.46 bits per heavy atom. The summed E-state index contributed by atoms with van der Waals surface area (Å²) in [6.07, 6.45) is 3.46. The van der Waals surface area contributed by atoms with E-state index in [2.05, 4.69) is 54.5 Å². The van der Waals surface area contributed by atoms with Gasteiger partial charge in [-0.05, 0) is 44.4 Å². The summed E-state index contributed by atoms with van der Waals surface area (Å²) in [7, 11) is -1.54. The third-order valence-electron chi connectivity index (χ3n) is 4.27. The second kappa shape index (κ2) is 9.20. The molecule has 0 atom stereocenters.